The number of nitrogens with zero attached hydrogens (tertiary/aromatic N) is 1. The van der Waals surface area contributed by atoms with E-state index in [0.29, 0.717) is 16.5 Å². The van der Waals surface area contributed by atoms with Crippen molar-refractivity contribution >= 4 is 23.7 Å². The van der Waals surface area contributed by atoms with Crippen LogP contribution in [0.25, 0.3) is 0 Å². The molecule has 0 unspecified atom stereocenters. The first-order valence-electron chi connectivity index (χ1n) is 5.17. The summed E-state index contributed by atoms with van der Waals surface area (Å²) in [6.45, 7) is 4.18. The molecule has 0 bridgehead atoms. The van der Waals surface area contributed by atoms with Gasteiger partial charge in [-0.25, -0.2) is 5.43 Å². The Morgan fingerprint density at radius 1 is 1.44 bits per heavy atom. The molecule has 16 heavy (non-hydrogen) atoms. The van der Waals surface area contributed by atoms with Crippen molar-refractivity contribution in [2.75, 3.05) is 0 Å². The molecule has 1 aromatic rings. The van der Waals surface area contributed by atoms with Crippen molar-refractivity contribution in [3.05, 3.63) is 34.9 Å². The average Bonchev–Trinajstić information content (AvgIpc) is 2.25. The summed E-state index contributed by atoms with van der Waals surface area (Å²) in [6.07, 6.45) is 2.55. The number of nitrogens with one attached hydrogen (secondary N) is 1. The van der Waals surface area contributed by atoms with Crippen molar-refractivity contribution in [1.29, 1.82) is 0 Å². The first-order valence-corrected chi connectivity index (χ1v) is 5.55. The molecule has 3 nitrogen and oxygen atoms in total. The van der Waals surface area contributed by atoms with E-state index in [9.17, 15) is 4.79 Å². The highest BCUT2D eigenvalue weighted by Crippen LogP contribution is 2.09. The second-order valence-electron chi connectivity index (χ2n) is 3.89. The van der Waals surface area contributed by atoms with Gasteiger partial charge in [0.2, 0.25) is 0 Å². The van der Waals surface area contributed by atoms with Gasteiger partial charge in [0.05, 0.1) is 0 Å². The van der Waals surface area contributed by atoms with Crippen LogP contribution in [0.3, 0.4) is 0 Å². The summed E-state index contributed by atoms with van der Waals surface area (Å²) in [7, 11) is 0. The Morgan fingerprint density at radius 2 is 2.06 bits per heavy atom. The average molecular weight is 239 g/mol. The number of rotatable bonds is 4. The molecule has 0 aliphatic rings. The van der Waals surface area contributed by atoms with Gasteiger partial charge < -0.3 is 0 Å². The Balaban J connectivity index is 2.47. The van der Waals surface area contributed by atoms with Gasteiger partial charge in [0.15, 0.2) is 0 Å². The molecule has 1 aromatic carbocycles. The second kappa shape index (κ2) is 6.28. The molecule has 1 amide bonds. The van der Waals surface area contributed by atoms with Crippen molar-refractivity contribution in [3.8, 4) is 0 Å². The molecule has 0 saturated heterocycles. The maximum Gasteiger partial charge on any atom is 0.271 e. The van der Waals surface area contributed by atoms with Crippen molar-refractivity contribution in [2.24, 2.45) is 11.0 Å². The maximum absolute atomic E-state index is 11.5. The van der Waals surface area contributed by atoms with E-state index in [1.54, 1.807) is 30.5 Å². The number of benzene rings is 1. The standard InChI is InChI=1S/C12H15ClN2O/c1-9(2)7-8-14-15-12(16)10-3-5-11(13)6-4-10/h3-6,8-9H,7H2,1-2H3,(H,15,16). The summed E-state index contributed by atoms with van der Waals surface area (Å²) in [4.78, 5) is 11.5. The summed E-state index contributed by atoms with van der Waals surface area (Å²) < 4.78 is 0. The molecule has 0 aliphatic carbocycles. The Kier molecular flexibility index (Phi) is 4.99. The number of hydrogen-bond acceptors (Lipinski definition) is 2. The molecular formula is C12H15ClN2O. The van der Waals surface area contributed by atoms with Crippen LogP contribution in [0.2, 0.25) is 5.02 Å². The smallest absolute Gasteiger partial charge is 0.267 e. The number of hydrazone groups is 1. The maximum atomic E-state index is 11.5. The van der Waals surface area contributed by atoms with Gasteiger partial charge in [-0.15, -0.1) is 0 Å². The first-order chi connectivity index (χ1) is 7.59. The quantitative estimate of drug-likeness (QED) is 0.636. The Hall–Kier alpha value is -1.35. The number of carbonyl (C=O) groups is 1. The van der Waals surface area contributed by atoms with E-state index in [0.717, 1.165) is 6.42 Å². The van der Waals surface area contributed by atoms with Crippen LogP contribution < -0.4 is 5.43 Å². The van der Waals surface area contributed by atoms with Gasteiger partial charge in [-0.2, -0.15) is 5.10 Å². The minimum Gasteiger partial charge on any atom is -0.267 e. The van der Waals surface area contributed by atoms with Crippen molar-refractivity contribution in [1.82, 2.24) is 5.43 Å². The summed E-state index contributed by atoms with van der Waals surface area (Å²) in [5.41, 5.74) is 3.01. The van der Waals surface area contributed by atoms with E-state index >= 15 is 0 Å². The summed E-state index contributed by atoms with van der Waals surface area (Å²) in [6, 6.07) is 6.67. The lowest BCUT2D eigenvalue weighted by atomic mass is 10.2. The van der Waals surface area contributed by atoms with Crippen LogP contribution in [0.5, 0.6) is 0 Å². The molecule has 4 heteroatoms. The van der Waals surface area contributed by atoms with Crippen molar-refractivity contribution in [2.45, 2.75) is 20.3 Å². The van der Waals surface area contributed by atoms with E-state index in [1.807, 2.05) is 0 Å². The molecule has 0 radical (unpaired) electrons. The third kappa shape index (κ3) is 4.45. The minimum atomic E-state index is -0.225. The molecule has 0 atom stereocenters. The lowest BCUT2D eigenvalue weighted by Crippen LogP contribution is -2.17. The number of halogens is 1. The lowest BCUT2D eigenvalue weighted by Gasteiger charge is -2.00. The minimum absolute atomic E-state index is 0.225. The highest BCUT2D eigenvalue weighted by Gasteiger charge is 2.02. The monoisotopic (exact) mass is 238 g/mol. The fourth-order valence-corrected chi connectivity index (χ4v) is 1.16. The zero-order valence-corrected chi connectivity index (χ0v) is 10.2. The van der Waals surface area contributed by atoms with Gasteiger partial charge in [-0.1, -0.05) is 25.4 Å². The topological polar surface area (TPSA) is 41.5 Å². The molecule has 0 aliphatic heterocycles. The van der Waals surface area contributed by atoms with Gasteiger partial charge in [0, 0.05) is 16.8 Å². The SMILES string of the molecule is CC(C)CC=NNC(=O)c1ccc(Cl)cc1. The van der Waals surface area contributed by atoms with Crippen molar-refractivity contribution < 1.29 is 4.79 Å². The van der Waals surface area contributed by atoms with E-state index in [1.165, 1.54) is 0 Å². The van der Waals surface area contributed by atoms with E-state index in [-0.39, 0.29) is 5.91 Å². The Morgan fingerprint density at radius 3 is 2.62 bits per heavy atom. The second-order valence-corrected chi connectivity index (χ2v) is 4.33. The molecular weight excluding hydrogens is 224 g/mol. The molecule has 1 N–H and O–H groups in total. The van der Waals surface area contributed by atoms with Crippen LogP contribution >= 0.6 is 11.6 Å². The third-order valence-corrected chi connectivity index (χ3v) is 2.19. The van der Waals surface area contributed by atoms with Crippen LogP contribution in [-0.4, -0.2) is 12.1 Å². The summed E-state index contributed by atoms with van der Waals surface area (Å²) in [5, 5.41) is 4.46. The zero-order valence-electron chi connectivity index (χ0n) is 9.40. The molecule has 0 fully saturated rings. The number of amides is 1. The zero-order chi connectivity index (χ0) is 12.0. The van der Waals surface area contributed by atoms with Gasteiger partial charge >= 0.3 is 0 Å². The highest BCUT2D eigenvalue weighted by atomic mass is 35.5. The van der Waals surface area contributed by atoms with Gasteiger partial charge in [-0.3, -0.25) is 4.79 Å². The number of carbonyl (C=O) groups excluding carboxylic acids is 1. The lowest BCUT2D eigenvalue weighted by molar-refractivity contribution is 0.0955. The van der Waals surface area contributed by atoms with E-state index in [4.69, 9.17) is 11.6 Å². The summed E-state index contributed by atoms with van der Waals surface area (Å²) in [5.74, 6) is 0.313. The van der Waals surface area contributed by atoms with Gasteiger partial charge in [0.25, 0.3) is 5.91 Å². The first kappa shape index (κ1) is 12.7. The predicted octanol–water partition coefficient (Wildman–Crippen LogP) is 3.10. The molecule has 0 aromatic heterocycles. The molecule has 0 spiro atoms. The molecule has 0 saturated carbocycles. The molecule has 86 valence electrons. The largest absolute Gasteiger partial charge is 0.271 e. The van der Waals surface area contributed by atoms with Crippen LogP contribution in [0.15, 0.2) is 29.4 Å². The van der Waals surface area contributed by atoms with E-state index < -0.39 is 0 Å². The van der Waals surface area contributed by atoms with Crippen molar-refractivity contribution in [3.63, 3.8) is 0 Å². The van der Waals surface area contributed by atoms with Crippen LogP contribution in [-0.2, 0) is 0 Å². The van der Waals surface area contributed by atoms with Gasteiger partial charge in [0.1, 0.15) is 0 Å². The van der Waals surface area contributed by atoms with Crippen LogP contribution in [0.4, 0.5) is 0 Å². The Bertz CT molecular complexity index is 371. The van der Waals surface area contributed by atoms with Crippen LogP contribution in [0.1, 0.15) is 30.6 Å². The molecule has 0 heterocycles. The fraction of sp³-hybridized carbons (Fsp3) is 0.333. The fourth-order valence-electron chi connectivity index (χ4n) is 1.03. The Labute approximate surface area is 101 Å². The van der Waals surface area contributed by atoms with Crippen LogP contribution in [0, 0.1) is 5.92 Å². The number of hydrogen-bond donors (Lipinski definition) is 1. The molecule has 1 rings (SSSR count). The predicted molar refractivity (Wildman–Crippen MR) is 66.9 cm³/mol. The highest BCUT2D eigenvalue weighted by molar-refractivity contribution is 6.30. The van der Waals surface area contributed by atoms with E-state index in [2.05, 4.69) is 24.4 Å². The normalized spacial score (nSPS) is 11.0. The van der Waals surface area contributed by atoms with Gasteiger partial charge in [-0.05, 0) is 36.6 Å². The third-order valence-electron chi connectivity index (χ3n) is 1.94. The summed E-state index contributed by atoms with van der Waals surface area (Å²) >= 11 is 5.72.